The third kappa shape index (κ3) is 3.08. The zero-order chi connectivity index (χ0) is 17.3. The van der Waals surface area contributed by atoms with Crippen molar-refractivity contribution in [1.82, 2.24) is 9.97 Å². The molecule has 8 heteroatoms. The first kappa shape index (κ1) is 16.4. The van der Waals surface area contributed by atoms with Crippen molar-refractivity contribution >= 4 is 5.82 Å². The van der Waals surface area contributed by atoms with Crippen LogP contribution in [0.4, 0.5) is 19.0 Å². The maximum Gasteiger partial charge on any atom is 0.433 e. The number of benzene rings is 1. The smallest absolute Gasteiger partial charge is 0.433 e. The lowest BCUT2D eigenvalue weighted by Gasteiger charge is -2.30. The standard InChI is InChI=1S/C16H16F3N3O2/c1-23-12-5-10-3-4-22(8-11(10)6-13(12)24-2)15-7-14(16(17,18)19)20-9-21-15/h5-7,9H,3-4,8H2,1-2H3. The van der Waals surface area contributed by atoms with Crippen molar-refractivity contribution < 1.29 is 22.6 Å². The summed E-state index contributed by atoms with van der Waals surface area (Å²) in [6.07, 6.45) is -2.86. The highest BCUT2D eigenvalue weighted by molar-refractivity contribution is 5.52. The number of hydrogen-bond donors (Lipinski definition) is 0. The van der Waals surface area contributed by atoms with Crippen LogP contribution in [0.2, 0.25) is 0 Å². The van der Waals surface area contributed by atoms with Crippen LogP contribution < -0.4 is 14.4 Å². The average Bonchev–Trinajstić information content (AvgIpc) is 2.59. The number of ether oxygens (including phenoxy) is 2. The largest absolute Gasteiger partial charge is 0.493 e. The topological polar surface area (TPSA) is 47.5 Å². The molecule has 1 aromatic heterocycles. The number of anilines is 1. The number of halogens is 3. The second kappa shape index (κ2) is 6.18. The molecule has 0 amide bonds. The minimum absolute atomic E-state index is 0.262. The molecule has 0 radical (unpaired) electrons. The first-order chi connectivity index (χ1) is 11.4. The summed E-state index contributed by atoms with van der Waals surface area (Å²) < 4.78 is 49.0. The molecule has 128 valence electrons. The molecule has 0 unspecified atom stereocenters. The second-order valence-corrected chi connectivity index (χ2v) is 5.41. The molecular weight excluding hydrogens is 323 g/mol. The summed E-state index contributed by atoms with van der Waals surface area (Å²) in [5, 5.41) is 0. The Morgan fingerprint density at radius 1 is 1.00 bits per heavy atom. The van der Waals surface area contributed by atoms with Gasteiger partial charge < -0.3 is 14.4 Å². The van der Waals surface area contributed by atoms with E-state index in [1.165, 1.54) is 0 Å². The van der Waals surface area contributed by atoms with Gasteiger partial charge in [0.25, 0.3) is 0 Å². The maximum absolute atomic E-state index is 12.8. The highest BCUT2D eigenvalue weighted by atomic mass is 19.4. The van der Waals surface area contributed by atoms with E-state index in [1.54, 1.807) is 19.1 Å². The number of fused-ring (bicyclic) bond motifs is 1. The van der Waals surface area contributed by atoms with Crippen LogP contribution in [0.25, 0.3) is 0 Å². The molecule has 0 atom stereocenters. The van der Waals surface area contributed by atoms with Crippen molar-refractivity contribution in [1.29, 1.82) is 0 Å². The minimum Gasteiger partial charge on any atom is -0.493 e. The van der Waals surface area contributed by atoms with E-state index in [4.69, 9.17) is 9.47 Å². The minimum atomic E-state index is -4.48. The first-order valence-electron chi connectivity index (χ1n) is 7.30. The fourth-order valence-corrected chi connectivity index (χ4v) is 2.75. The summed E-state index contributed by atoms with van der Waals surface area (Å²) in [5.74, 6) is 1.50. The molecule has 0 aliphatic carbocycles. The number of methoxy groups -OCH3 is 2. The molecule has 3 rings (SSSR count). The third-order valence-corrected chi connectivity index (χ3v) is 3.99. The van der Waals surface area contributed by atoms with E-state index in [0.717, 1.165) is 23.5 Å². The van der Waals surface area contributed by atoms with Gasteiger partial charge >= 0.3 is 6.18 Å². The normalized spacial score (nSPS) is 14.3. The lowest BCUT2D eigenvalue weighted by atomic mass is 9.99. The van der Waals surface area contributed by atoms with Crippen LogP contribution >= 0.6 is 0 Å². The van der Waals surface area contributed by atoms with Crippen molar-refractivity contribution in [3.63, 3.8) is 0 Å². The van der Waals surface area contributed by atoms with Crippen molar-refractivity contribution in [3.8, 4) is 11.5 Å². The van der Waals surface area contributed by atoms with E-state index in [2.05, 4.69) is 9.97 Å². The van der Waals surface area contributed by atoms with Crippen molar-refractivity contribution in [2.45, 2.75) is 19.1 Å². The molecule has 0 saturated carbocycles. The number of rotatable bonds is 3. The van der Waals surface area contributed by atoms with E-state index >= 15 is 0 Å². The Hall–Kier alpha value is -2.51. The summed E-state index contributed by atoms with van der Waals surface area (Å²) in [6, 6.07) is 4.74. The quantitative estimate of drug-likeness (QED) is 0.860. The molecule has 0 bridgehead atoms. The SMILES string of the molecule is COc1cc2c(cc1OC)CN(c1cc(C(F)(F)F)ncn1)CC2. The van der Waals surface area contributed by atoms with Gasteiger partial charge in [0, 0.05) is 19.2 Å². The van der Waals surface area contributed by atoms with E-state index < -0.39 is 11.9 Å². The summed E-state index contributed by atoms with van der Waals surface area (Å²) in [5.41, 5.74) is 1.13. The Kier molecular flexibility index (Phi) is 4.21. The highest BCUT2D eigenvalue weighted by Gasteiger charge is 2.33. The Balaban J connectivity index is 1.90. The van der Waals surface area contributed by atoms with E-state index in [1.807, 2.05) is 12.1 Å². The van der Waals surface area contributed by atoms with E-state index in [0.29, 0.717) is 31.0 Å². The molecule has 1 aromatic carbocycles. The predicted molar refractivity (Wildman–Crippen MR) is 81.3 cm³/mol. The molecular formula is C16H16F3N3O2. The Morgan fingerprint density at radius 2 is 1.67 bits per heavy atom. The zero-order valence-electron chi connectivity index (χ0n) is 13.2. The van der Waals surface area contributed by atoms with Gasteiger partial charge in [-0.3, -0.25) is 0 Å². The molecule has 0 saturated heterocycles. The summed E-state index contributed by atoms with van der Waals surface area (Å²) in [4.78, 5) is 9.08. The highest BCUT2D eigenvalue weighted by Crippen LogP contribution is 2.35. The van der Waals surface area contributed by atoms with Crippen LogP contribution in [0.3, 0.4) is 0 Å². The molecule has 24 heavy (non-hydrogen) atoms. The lowest BCUT2D eigenvalue weighted by molar-refractivity contribution is -0.141. The number of alkyl halides is 3. The summed E-state index contributed by atoms with van der Waals surface area (Å²) in [6.45, 7) is 1.01. The van der Waals surface area contributed by atoms with Gasteiger partial charge in [-0.1, -0.05) is 0 Å². The van der Waals surface area contributed by atoms with E-state index in [9.17, 15) is 13.2 Å². The fraction of sp³-hybridized carbons (Fsp3) is 0.375. The molecule has 0 N–H and O–H groups in total. The van der Waals surface area contributed by atoms with Gasteiger partial charge in [-0.05, 0) is 29.7 Å². The predicted octanol–water partition coefficient (Wildman–Crippen LogP) is 3.08. The number of hydrogen-bond acceptors (Lipinski definition) is 5. The third-order valence-electron chi connectivity index (χ3n) is 3.99. The van der Waals surface area contributed by atoms with Crippen LogP contribution in [0.5, 0.6) is 11.5 Å². The molecule has 2 aromatic rings. The Morgan fingerprint density at radius 3 is 2.29 bits per heavy atom. The van der Waals surface area contributed by atoms with Crippen LogP contribution in [0, 0.1) is 0 Å². The lowest BCUT2D eigenvalue weighted by Crippen LogP contribution is -2.31. The van der Waals surface area contributed by atoms with Crippen LogP contribution in [0.1, 0.15) is 16.8 Å². The fourth-order valence-electron chi connectivity index (χ4n) is 2.75. The first-order valence-corrected chi connectivity index (χ1v) is 7.30. The van der Waals surface area contributed by atoms with Gasteiger partial charge in [0.1, 0.15) is 17.8 Å². The Labute approximate surface area is 137 Å². The van der Waals surface area contributed by atoms with Gasteiger partial charge in [0.2, 0.25) is 0 Å². The molecule has 2 heterocycles. The molecule has 0 spiro atoms. The number of aromatic nitrogens is 2. The average molecular weight is 339 g/mol. The summed E-state index contributed by atoms with van der Waals surface area (Å²) in [7, 11) is 3.11. The van der Waals surface area contributed by atoms with Crippen molar-refractivity contribution in [2.24, 2.45) is 0 Å². The maximum atomic E-state index is 12.8. The van der Waals surface area contributed by atoms with Crippen LogP contribution in [-0.2, 0) is 19.1 Å². The Bertz CT molecular complexity index is 750. The van der Waals surface area contributed by atoms with Gasteiger partial charge in [-0.25, -0.2) is 9.97 Å². The van der Waals surface area contributed by atoms with Crippen LogP contribution in [-0.4, -0.2) is 30.7 Å². The van der Waals surface area contributed by atoms with Crippen molar-refractivity contribution in [2.75, 3.05) is 25.7 Å². The zero-order valence-corrected chi connectivity index (χ0v) is 13.2. The van der Waals surface area contributed by atoms with Gasteiger partial charge in [-0.15, -0.1) is 0 Å². The molecule has 1 aliphatic heterocycles. The number of nitrogens with zero attached hydrogens (tertiary/aromatic N) is 3. The molecule has 1 aliphatic rings. The van der Waals surface area contributed by atoms with Gasteiger partial charge in [0.15, 0.2) is 11.5 Å². The van der Waals surface area contributed by atoms with Crippen molar-refractivity contribution in [3.05, 3.63) is 41.3 Å². The van der Waals surface area contributed by atoms with Gasteiger partial charge in [0.05, 0.1) is 14.2 Å². The van der Waals surface area contributed by atoms with Crippen LogP contribution in [0.15, 0.2) is 24.5 Å². The van der Waals surface area contributed by atoms with E-state index in [-0.39, 0.29) is 5.82 Å². The second-order valence-electron chi connectivity index (χ2n) is 5.41. The molecule has 5 nitrogen and oxygen atoms in total. The molecule has 0 fully saturated rings. The summed E-state index contributed by atoms with van der Waals surface area (Å²) >= 11 is 0. The monoisotopic (exact) mass is 339 g/mol. The van der Waals surface area contributed by atoms with Gasteiger partial charge in [-0.2, -0.15) is 13.2 Å².